The molecule has 0 unspecified atom stereocenters. The third kappa shape index (κ3) is 3.92. The van der Waals surface area contributed by atoms with Gasteiger partial charge in [-0.25, -0.2) is 8.78 Å². The molecule has 0 saturated heterocycles. The molecule has 0 spiro atoms. The van der Waals surface area contributed by atoms with Crippen molar-refractivity contribution in [2.24, 2.45) is 0 Å². The molecule has 2 rings (SSSR count). The van der Waals surface area contributed by atoms with Gasteiger partial charge in [-0.15, -0.1) is 0 Å². The average molecular weight is 299 g/mol. The largest absolute Gasteiger partial charge is 0.483 e. The Labute approximate surface area is 128 Å². The van der Waals surface area contributed by atoms with Crippen LogP contribution in [0.1, 0.15) is 23.6 Å². The van der Waals surface area contributed by atoms with E-state index in [1.54, 1.807) is 6.92 Å². The first-order chi connectivity index (χ1) is 10.5. The lowest BCUT2D eigenvalue weighted by atomic mass is 10.1. The molecule has 0 bridgehead atoms. The third-order valence-corrected chi connectivity index (χ3v) is 3.08. The second kappa shape index (κ2) is 6.86. The predicted molar refractivity (Wildman–Crippen MR) is 81.1 cm³/mol. The molecule has 0 atom stereocenters. The van der Waals surface area contributed by atoms with Crippen LogP contribution in [0.4, 0.5) is 8.78 Å². The maximum Gasteiger partial charge on any atom is 0.191 e. The van der Waals surface area contributed by atoms with E-state index >= 15 is 0 Å². The summed E-state index contributed by atoms with van der Waals surface area (Å²) in [6, 6.07) is 11.7. The van der Waals surface area contributed by atoms with Gasteiger partial charge < -0.3 is 4.74 Å². The van der Waals surface area contributed by atoms with Gasteiger partial charge >= 0.3 is 0 Å². The van der Waals surface area contributed by atoms with Crippen molar-refractivity contribution in [3.63, 3.8) is 0 Å². The first-order valence-electron chi connectivity index (χ1n) is 6.75. The zero-order chi connectivity index (χ0) is 16.1. The van der Waals surface area contributed by atoms with Crippen molar-refractivity contribution in [3.8, 4) is 11.8 Å². The quantitative estimate of drug-likeness (QED) is 0.761. The molecule has 4 heteroatoms. The number of rotatable bonds is 4. The Morgan fingerprint density at radius 3 is 2.32 bits per heavy atom. The fourth-order valence-corrected chi connectivity index (χ4v) is 1.92. The molecule has 22 heavy (non-hydrogen) atoms. The smallest absolute Gasteiger partial charge is 0.191 e. The minimum Gasteiger partial charge on any atom is -0.483 e. The van der Waals surface area contributed by atoms with Gasteiger partial charge in [-0.2, -0.15) is 5.26 Å². The molecular weight excluding hydrogens is 284 g/mol. The summed E-state index contributed by atoms with van der Waals surface area (Å²) in [5, 5.41) is 8.69. The first-order valence-corrected chi connectivity index (χ1v) is 6.75. The number of hydrogen-bond acceptors (Lipinski definition) is 2. The van der Waals surface area contributed by atoms with Crippen molar-refractivity contribution in [1.29, 1.82) is 5.26 Å². The summed E-state index contributed by atoms with van der Waals surface area (Å²) in [4.78, 5) is 0. The van der Waals surface area contributed by atoms with Crippen LogP contribution in [0.2, 0.25) is 0 Å². The molecule has 0 heterocycles. The number of nitrogens with zero attached hydrogens (tertiary/aromatic N) is 1. The Hall–Kier alpha value is -2.67. The highest BCUT2D eigenvalue weighted by Crippen LogP contribution is 2.25. The van der Waals surface area contributed by atoms with Gasteiger partial charge in [-0.05, 0) is 43.2 Å². The van der Waals surface area contributed by atoms with E-state index in [-0.39, 0.29) is 12.2 Å². The van der Waals surface area contributed by atoms with Crippen molar-refractivity contribution < 1.29 is 13.5 Å². The maximum atomic E-state index is 14.0. The van der Waals surface area contributed by atoms with Crippen molar-refractivity contribution in [1.82, 2.24) is 0 Å². The molecule has 2 aromatic rings. The molecule has 0 fully saturated rings. The number of ether oxygens (including phenoxy) is 1. The maximum absolute atomic E-state index is 14.0. The third-order valence-electron chi connectivity index (χ3n) is 3.08. The molecular formula is C18H15F2NO. The van der Waals surface area contributed by atoms with E-state index in [2.05, 4.69) is 0 Å². The number of allylic oxidation sites excluding steroid dienone is 1. The Kier molecular flexibility index (Phi) is 4.90. The van der Waals surface area contributed by atoms with Gasteiger partial charge in [0.05, 0.1) is 6.07 Å². The summed E-state index contributed by atoms with van der Waals surface area (Å²) in [6.07, 6.45) is 1.41. The van der Waals surface area contributed by atoms with Crippen molar-refractivity contribution in [2.75, 3.05) is 0 Å². The number of halogens is 2. The zero-order valence-corrected chi connectivity index (χ0v) is 12.4. The van der Waals surface area contributed by atoms with Crippen LogP contribution in [0.5, 0.6) is 5.75 Å². The molecule has 0 amide bonds. The van der Waals surface area contributed by atoms with E-state index in [9.17, 15) is 8.78 Å². The standard InChI is InChI=1S/C18H15F2NO/c1-12-3-5-14(6-4-12)11-22-18-16(19)8-15(9-17(18)20)7-13(2)10-21/h3-9H,11H2,1-2H3/b13-7-. The summed E-state index contributed by atoms with van der Waals surface area (Å²) in [7, 11) is 0. The Morgan fingerprint density at radius 2 is 1.77 bits per heavy atom. The van der Waals surface area contributed by atoms with E-state index in [1.807, 2.05) is 37.3 Å². The lowest BCUT2D eigenvalue weighted by Crippen LogP contribution is -2.00. The SMILES string of the molecule is C/C(C#N)=C/c1cc(F)c(OCc2ccc(C)cc2)c(F)c1. The second-order valence-corrected chi connectivity index (χ2v) is 5.03. The topological polar surface area (TPSA) is 33.0 Å². The highest BCUT2D eigenvalue weighted by molar-refractivity contribution is 5.57. The molecule has 2 nitrogen and oxygen atoms in total. The Balaban J connectivity index is 2.18. The molecule has 0 N–H and O–H groups in total. The number of hydrogen-bond donors (Lipinski definition) is 0. The van der Waals surface area contributed by atoms with Crippen LogP contribution in [0.15, 0.2) is 42.0 Å². The van der Waals surface area contributed by atoms with Gasteiger partial charge in [0.25, 0.3) is 0 Å². The molecule has 0 saturated carbocycles. The minimum atomic E-state index is -0.788. The number of aryl methyl sites for hydroxylation is 1. The fourth-order valence-electron chi connectivity index (χ4n) is 1.92. The Bertz CT molecular complexity index is 720. The molecule has 0 radical (unpaired) electrons. The summed E-state index contributed by atoms with van der Waals surface area (Å²) >= 11 is 0. The predicted octanol–water partition coefficient (Wildman–Crippen LogP) is 4.78. The Morgan fingerprint density at radius 1 is 1.18 bits per heavy atom. The van der Waals surface area contributed by atoms with Gasteiger partial charge in [0, 0.05) is 5.57 Å². The van der Waals surface area contributed by atoms with E-state index in [0.717, 1.165) is 23.3 Å². The van der Waals surface area contributed by atoms with Crippen LogP contribution >= 0.6 is 0 Å². The normalized spacial score (nSPS) is 11.1. The van der Waals surface area contributed by atoms with Crippen molar-refractivity contribution >= 4 is 6.08 Å². The molecule has 0 aliphatic heterocycles. The van der Waals surface area contributed by atoms with Crippen molar-refractivity contribution in [3.05, 3.63) is 70.3 Å². The molecule has 2 aromatic carbocycles. The van der Waals surface area contributed by atoms with Crippen LogP contribution in [0.3, 0.4) is 0 Å². The molecule has 0 aliphatic carbocycles. The van der Waals surface area contributed by atoms with Crippen LogP contribution < -0.4 is 4.74 Å². The van der Waals surface area contributed by atoms with Gasteiger partial charge in [0.2, 0.25) is 0 Å². The zero-order valence-electron chi connectivity index (χ0n) is 12.4. The van der Waals surface area contributed by atoms with Crippen LogP contribution in [0.25, 0.3) is 6.08 Å². The minimum absolute atomic E-state index is 0.0839. The van der Waals surface area contributed by atoms with E-state index < -0.39 is 17.4 Å². The lowest BCUT2D eigenvalue weighted by Gasteiger charge is -2.09. The molecule has 0 aromatic heterocycles. The summed E-state index contributed by atoms with van der Waals surface area (Å²) in [6.45, 7) is 3.61. The van der Waals surface area contributed by atoms with Crippen LogP contribution in [-0.4, -0.2) is 0 Å². The van der Waals surface area contributed by atoms with E-state index in [4.69, 9.17) is 10.00 Å². The van der Waals surface area contributed by atoms with E-state index in [0.29, 0.717) is 5.57 Å². The fraction of sp³-hybridized carbons (Fsp3) is 0.167. The second-order valence-electron chi connectivity index (χ2n) is 5.03. The number of benzene rings is 2. The van der Waals surface area contributed by atoms with Gasteiger partial charge in [0.15, 0.2) is 17.4 Å². The molecule has 0 aliphatic rings. The summed E-state index contributed by atoms with van der Waals surface area (Å²) in [5.74, 6) is -1.99. The van der Waals surface area contributed by atoms with Gasteiger partial charge in [0.1, 0.15) is 6.61 Å². The van der Waals surface area contributed by atoms with Crippen LogP contribution in [0, 0.1) is 29.9 Å². The lowest BCUT2D eigenvalue weighted by molar-refractivity contribution is 0.274. The van der Waals surface area contributed by atoms with Crippen LogP contribution in [-0.2, 0) is 6.61 Å². The number of nitriles is 1. The first kappa shape index (κ1) is 15.7. The van der Waals surface area contributed by atoms with Gasteiger partial charge in [-0.3, -0.25) is 0 Å². The molecule has 112 valence electrons. The summed E-state index contributed by atoms with van der Waals surface area (Å²) < 4.78 is 33.2. The highest BCUT2D eigenvalue weighted by Gasteiger charge is 2.12. The monoisotopic (exact) mass is 299 g/mol. The van der Waals surface area contributed by atoms with E-state index in [1.165, 1.54) is 6.08 Å². The highest BCUT2D eigenvalue weighted by atomic mass is 19.1. The summed E-state index contributed by atoms with van der Waals surface area (Å²) in [5.41, 5.74) is 2.59. The van der Waals surface area contributed by atoms with Gasteiger partial charge in [-0.1, -0.05) is 29.8 Å². The van der Waals surface area contributed by atoms with Crippen molar-refractivity contribution in [2.45, 2.75) is 20.5 Å². The average Bonchev–Trinajstić information content (AvgIpc) is 2.48.